The van der Waals surface area contributed by atoms with Gasteiger partial charge in [-0.2, -0.15) is 0 Å². The minimum atomic E-state index is -1.26. The Morgan fingerprint density at radius 1 is 1.07 bits per heavy atom. The smallest absolute Gasteiger partial charge is 0.324 e. The maximum absolute atomic E-state index is 15.0. The lowest BCUT2D eigenvalue weighted by Gasteiger charge is -2.15. The fourth-order valence-electron chi connectivity index (χ4n) is 3.63. The van der Waals surface area contributed by atoms with Gasteiger partial charge in [0, 0.05) is 51.9 Å². The first-order valence-corrected chi connectivity index (χ1v) is 16.6. The fraction of sp³-hybridized carbons (Fsp3) is 0.269. The van der Waals surface area contributed by atoms with Crippen molar-refractivity contribution in [3.63, 3.8) is 0 Å². The van der Waals surface area contributed by atoms with E-state index in [0.717, 1.165) is 18.2 Å². The van der Waals surface area contributed by atoms with Gasteiger partial charge in [0.05, 0.1) is 10.4 Å². The predicted octanol–water partition coefficient (Wildman–Crippen LogP) is 5.87. The van der Waals surface area contributed by atoms with E-state index in [1.165, 1.54) is 31.4 Å². The maximum Gasteiger partial charge on any atom is 0.324 e. The average Bonchev–Trinajstić information content (AvgIpc) is 3.24. The lowest BCUT2D eigenvalue weighted by atomic mass is 10.2. The van der Waals surface area contributed by atoms with Crippen molar-refractivity contribution in [2.75, 3.05) is 24.3 Å². The monoisotopic (exact) mass is 603 g/mol. The van der Waals surface area contributed by atoms with Gasteiger partial charge < -0.3 is 24.7 Å². The van der Waals surface area contributed by atoms with E-state index in [9.17, 15) is 18.4 Å². The molecule has 11 nitrogen and oxygen atoms in total. The third kappa shape index (κ3) is 7.54. The summed E-state index contributed by atoms with van der Waals surface area (Å²) >= 11 is 6.43. The number of carbonyl (C=O) groups excluding carboxylic acids is 2. The lowest BCUT2D eigenvalue weighted by molar-refractivity contribution is 0.0899. The van der Waals surface area contributed by atoms with E-state index in [1.54, 1.807) is 10.8 Å². The van der Waals surface area contributed by atoms with E-state index in [4.69, 9.17) is 21.1 Å². The number of aromatic nitrogens is 4. The van der Waals surface area contributed by atoms with Crippen molar-refractivity contribution >= 4 is 54.2 Å². The van der Waals surface area contributed by atoms with Crippen LogP contribution in [-0.2, 0) is 11.5 Å². The molecule has 3 aromatic heterocycles. The van der Waals surface area contributed by atoms with Gasteiger partial charge in [0.25, 0.3) is 5.91 Å². The van der Waals surface area contributed by atoms with Crippen LogP contribution < -0.4 is 20.7 Å². The standard InChI is InChI=1S/C26H28ClF2N7O4Si/c1-30-25(37)19-5-6-21(35-34-19)33-26(38)32-15-11-17(28)23(18(29)12-15)40-20-7-8-31-24-22(20)16(27)13-36(24)14-39-9-10-41(2,3)4/h5-8,11-13H,9-10,14H2,1-4H3,(H,30,37)(H2,32,33,35,38). The number of halogens is 3. The van der Waals surface area contributed by atoms with Crippen LogP contribution in [0, 0.1) is 11.6 Å². The van der Waals surface area contributed by atoms with Crippen molar-refractivity contribution in [1.29, 1.82) is 0 Å². The van der Waals surface area contributed by atoms with Crippen LogP contribution in [0.15, 0.2) is 42.7 Å². The first kappa shape index (κ1) is 29.8. The van der Waals surface area contributed by atoms with E-state index in [1.807, 2.05) is 0 Å². The van der Waals surface area contributed by atoms with Crippen molar-refractivity contribution in [3.05, 3.63) is 65.1 Å². The van der Waals surface area contributed by atoms with Gasteiger partial charge in [0.2, 0.25) is 0 Å². The molecule has 0 atom stereocenters. The minimum Gasteiger partial charge on any atom is -0.450 e. The zero-order valence-electron chi connectivity index (χ0n) is 22.7. The number of urea groups is 1. The summed E-state index contributed by atoms with van der Waals surface area (Å²) in [6, 6.07) is 6.10. The van der Waals surface area contributed by atoms with Crippen molar-refractivity contribution in [2.24, 2.45) is 0 Å². The van der Waals surface area contributed by atoms with Crippen molar-refractivity contribution in [2.45, 2.75) is 32.4 Å². The molecule has 4 rings (SSSR count). The molecule has 0 aliphatic carbocycles. The zero-order valence-corrected chi connectivity index (χ0v) is 24.5. The second-order valence-electron chi connectivity index (χ2n) is 10.1. The molecule has 3 amide bonds. The molecule has 3 heterocycles. The van der Waals surface area contributed by atoms with Gasteiger partial charge in [-0.15, -0.1) is 10.2 Å². The highest BCUT2D eigenvalue weighted by atomic mass is 35.5. The van der Waals surface area contributed by atoms with Crippen LogP contribution in [0.2, 0.25) is 30.7 Å². The van der Waals surface area contributed by atoms with E-state index < -0.39 is 37.4 Å². The summed E-state index contributed by atoms with van der Waals surface area (Å²) in [6.07, 6.45) is 3.06. The molecule has 0 unspecified atom stereocenters. The highest BCUT2D eigenvalue weighted by Gasteiger charge is 2.20. The molecule has 41 heavy (non-hydrogen) atoms. The molecular formula is C26H28ClF2N7O4Si. The molecule has 1 aromatic carbocycles. The summed E-state index contributed by atoms with van der Waals surface area (Å²) in [5.41, 5.74) is 0.301. The van der Waals surface area contributed by atoms with Gasteiger partial charge in [-0.05, 0) is 24.2 Å². The number of pyridine rings is 1. The summed E-state index contributed by atoms with van der Waals surface area (Å²) in [5.74, 6) is -3.15. The van der Waals surface area contributed by atoms with Crippen molar-refractivity contribution < 1.29 is 27.8 Å². The Hall–Kier alpha value is -4.14. The van der Waals surface area contributed by atoms with Crippen LogP contribution >= 0.6 is 11.6 Å². The number of amides is 3. The summed E-state index contributed by atoms with van der Waals surface area (Å²) in [4.78, 5) is 28.2. The molecule has 0 bridgehead atoms. The number of nitrogens with one attached hydrogen (secondary N) is 3. The summed E-state index contributed by atoms with van der Waals surface area (Å²) in [6.45, 7) is 7.56. The van der Waals surface area contributed by atoms with Crippen LogP contribution in [0.4, 0.5) is 25.1 Å². The normalized spacial score (nSPS) is 11.4. The second-order valence-corrected chi connectivity index (χ2v) is 16.2. The van der Waals surface area contributed by atoms with Crippen LogP contribution in [0.5, 0.6) is 11.5 Å². The molecule has 4 aromatic rings. The number of hydrogen-bond acceptors (Lipinski definition) is 7. The van der Waals surface area contributed by atoms with Gasteiger partial charge in [-0.25, -0.2) is 18.6 Å². The SMILES string of the molecule is CNC(=O)c1ccc(NC(=O)Nc2cc(F)c(Oc3ccnc4c3c(Cl)cn4COCC[Si](C)(C)C)c(F)c2)nn1. The minimum absolute atomic E-state index is 0.0167. The molecule has 0 radical (unpaired) electrons. The Labute approximate surface area is 240 Å². The molecule has 0 spiro atoms. The van der Waals surface area contributed by atoms with Gasteiger partial charge >= 0.3 is 6.03 Å². The molecule has 15 heteroatoms. The quantitative estimate of drug-likeness (QED) is 0.153. The number of nitrogens with zero attached hydrogens (tertiary/aromatic N) is 4. The number of carbonyl (C=O) groups is 2. The summed E-state index contributed by atoms with van der Waals surface area (Å²) in [7, 11) is 0.183. The number of ether oxygens (including phenoxy) is 2. The van der Waals surface area contributed by atoms with Gasteiger partial charge in [-0.3, -0.25) is 10.1 Å². The molecule has 0 saturated heterocycles. The van der Waals surface area contributed by atoms with Crippen LogP contribution in [0.1, 0.15) is 10.5 Å². The first-order chi connectivity index (χ1) is 19.4. The average molecular weight is 604 g/mol. The highest BCUT2D eigenvalue weighted by molar-refractivity contribution is 6.76. The van der Waals surface area contributed by atoms with Crippen LogP contribution in [0.25, 0.3) is 11.0 Å². The first-order valence-electron chi connectivity index (χ1n) is 12.5. The van der Waals surface area contributed by atoms with Gasteiger partial charge in [-0.1, -0.05) is 31.2 Å². The molecule has 3 N–H and O–H groups in total. The number of benzene rings is 1. The summed E-state index contributed by atoms with van der Waals surface area (Å²) in [5, 5.41) is 15.1. The molecule has 216 valence electrons. The van der Waals surface area contributed by atoms with Crippen LogP contribution in [-0.4, -0.2) is 53.4 Å². The Bertz CT molecular complexity index is 1560. The van der Waals surface area contributed by atoms with Crippen molar-refractivity contribution in [3.8, 4) is 11.5 Å². The molecular weight excluding hydrogens is 576 g/mol. The number of rotatable bonds is 10. The number of anilines is 2. The Morgan fingerprint density at radius 3 is 2.44 bits per heavy atom. The third-order valence-electron chi connectivity index (χ3n) is 5.73. The second kappa shape index (κ2) is 12.6. The summed E-state index contributed by atoms with van der Waals surface area (Å²) < 4.78 is 43.0. The Morgan fingerprint density at radius 2 is 1.80 bits per heavy atom. The van der Waals surface area contributed by atoms with Crippen molar-refractivity contribution in [1.82, 2.24) is 25.1 Å². The topological polar surface area (TPSA) is 132 Å². The molecule has 0 saturated carbocycles. The van der Waals surface area contributed by atoms with Crippen LogP contribution in [0.3, 0.4) is 0 Å². The molecule has 0 aliphatic rings. The zero-order chi connectivity index (χ0) is 29.7. The maximum atomic E-state index is 15.0. The largest absolute Gasteiger partial charge is 0.450 e. The Balaban J connectivity index is 1.46. The van der Waals surface area contributed by atoms with E-state index in [-0.39, 0.29) is 34.7 Å². The third-order valence-corrected chi connectivity index (χ3v) is 7.72. The van der Waals surface area contributed by atoms with Gasteiger partial charge in [0.15, 0.2) is 28.9 Å². The number of fused-ring (bicyclic) bond motifs is 1. The molecule has 0 aliphatic heterocycles. The lowest BCUT2D eigenvalue weighted by Crippen LogP contribution is -2.22. The van der Waals surface area contributed by atoms with E-state index >= 15 is 0 Å². The van der Waals surface area contributed by atoms with E-state index in [2.05, 4.69) is 50.8 Å². The highest BCUT2D eigenvalue weighted by Crippen LogP contribution is 2.37. The Kier molecular flexibility index (Phi) is 9.15. The van der Waals surface area contributed by atoms with Gasteiger partial charge in [0.1, 0.15) is 18.1 Å². The number of hydrogen-bond donors (Lipinski definition) is 3. The predicted molar refractivity (Wildman–Crippen MR) is 153 cm³/mol. The fourth-order valence-corrected chi connectivity index (χ4v) is 4.68. The van der Waals surface area contributed by atoms with E-state index in [0.29, 0.717) is 17.6 Å². The molecule has 0 fully saturated rings.